The lowest BCUT2D eigenvalue weighted by Gasteiger charge is -2.36. The highest BCUT2D eigenvalue weighted by atomic mass is 16.5. The van der Waals surface area contributed by atoms with Crippen LogP contribution in [0.1, 0.15) is 39.4 Å². The van der Waals surface area contributed by atoms with Crippen molar-refractivity contribution in [1.29, 1.82) is 0 Å². The third-order valence-electron chi connectivity index (χ3n) is 7.37. The monoisotopic (exact) mass is 619 g/mol. The summed E-state index contributed by atoms with van der Waals surface area (Å²) in [5.41, 5.74) is 1.39. The van der Waals surface area contributed by atoms with Gasteiger partial charge in [0.2, 0.25) is 23.0 Å². The first-order valence-electron chi connectivity index (χ1n) is 12.6. The lowest BCUT2D eigenvalue weighted by atomic mass is 10.00. The summed E-state index contributed by atoms with van der Waals surface area (Å²) < 4.78 is 5.21. The van der Waals surface area contributed by atoms with Crippen LogP contribution in [0, 0.1) is 0 Å². The molecule has 0 saturated carbocycles. The van der Waals surface area contributed by atoms with Crippen LogP contribution in [0.3, 0.4) is 0 Å². The van der Waals surface area contributed by atoms with Crippen molar-refractivity contribution < 1.29 is 70.2 Å². The van der Waals surface area contributed by atoms with Gasteiger partial charge in [-0.2, -0.15) is 5.10 Å². The molecule has 3 heterocycles. The topological polar surface area (TPSA) is 313 Å². The highest BCUT2D eigenvalue weighted by Crippen LogP contribution is 2.57. The average molecular weight is 619 g/mol. The number of aromatic hydroxyl groups is 8. The summed E-state index contributed by atoms with van der Waals surface area (Å²) in [7, 11) is 0.996. The molecule has 234 valence electrons. The third kappa shape index (κ3) is 3.97. The molecule has 0 atom stereocenters. The smallest absolute Gasteiger partial charge is 0.287 e. The Balaban J connectivity index is 1.70. The van der Waals surface area contributed by atoms with Gasteiger partial charge < -0.3 is 66.4 Å². The fourth-order valence-electron chi connectivity index (χ4n) is 5.30. The molecule has 19 heteroatoms. The van der Waals surface area contributed by atoms with Crippen molar-refractivity contribution in [2.45, 2.75) is 25.0 Å². The number of carbonyl (C=O) groups is 3. The third-order valence-corrected chi connectivity index (χ3v) is 7.37. The Morgan fingerprint density at radius 1 is 0.795 bits per heavy atom. The average Bonchev–Trinajstić information content (AvgIpc) is 3.35. The van der Waals surface area contributed by atoms with E-state index in [0.717, 1.165) is 7.11 Å². The Hall–Kier alpha value is -5.82. The maximum atomic E-state index is 13.9. The van der Waals surface area contributed by atoms with Crippen LogP contribution < -0.4 is 20.3 Å². The van der Waals surface area contributed by atoms with Gasteiger partial charge in [-0.1, -0.05) is 0 Å². The Morgan fingerprint density at radius 3 is 1.80 bits per heavy atom. The van der Waals surface area contributed by atoms with E-state index in [1.54, 1.807) is 0 Å². The highest BCUT2D eigenvalue weighted by Gasteiger charge is 2.45. The molecule has 12 N–H and O–H groups in total. The molecule has 2 aromatic carbocycles. The van der Waals surface area contributed by atoms with Crippen LogP contribution in [0.25, 0.3) is 5.69 Å². The predicted octanol–water partition coefficient (Wildman–Crippen LogP) is -1.36. The minimum Gasteiger partial charge on any atom is -0.503 e. The molecule has 0 unspecified atom stereocenters. The van der Waals surface area contributed by atoms with E-state index in [0.29, 0.717) is 14.5 Å². The number of amides is 3. The number of hydrogen-bond acceptors (Lipinski definition) is 15. The first-order valence-corrected chi connectivity index (χ1v) is 12.6. The van der Waals surface area contributed by atoms with Gasteiger partial charge in [0.05, 0.1) is 7.11 Å². The minimum atomic E-state index is -2.88. The zero-order chi connectivity index (χ0) is 32.6. The van der Waals surface area contributed by atoms with Crippen LogP contribution >= 0.6 is 0 Å². The van der Waals surface area contributed by atoms with Crippen molar-refractivity contribution in [3.63, 3.8) is 0 Å². The van der Waals surface area contributed by atoms with Crippen LogP contribution in [0.2, 0.25) is 0 Å². The number of phenolic OH excluding ortho intramolecular Hbond substituents is 8. The van der Waals surface area contributed by atoms with E-state index in [1.807, 2.05) is 0 Å². The van der Waals surface area contributed by atoms with E-state index in [-0.39, 0.29) is 31.4 Å². The summed E-state index contributed by atoms with van der Waals surface area (Å²) >= 11 is 0. The van der Waals surface area contributed by atoms with E-state index < -0.39 is 110 Å². The van der Waals surface area contributed by atoms with Crippen LogP contribution in [0.5, 0.6) is 51.7 Å². The number of nitrogens with zero attached hydrogens (tertiary/aromatic N) is 4. The first kappa shape index (κ1) is 29.7. The summed E-state index contributed by atoms with van der Waals surface area (Å²) in [6, 6.07) is 0. The number of ether oxygens (including phenoxy) is 1. The highest BCUT2D eigenvalue weighted by molar-refractivity contribution is 6.13. The molecular weight excluding hydrogens is 594 g/mol. The zero-order valence-corrected chi connectivity index (χ0v) is 22.5. The van der Waals surface area contributed by atoms with Crippen molar-refractivity contribution in [2.24, 2.45) is 5.73 Å². The molecule has 2 aliphatic heterocycles. The standard InChI is InChI=1S/C25H25N5O14/c1-44-21-19(37)17(35)12(18(36)20(21)38)30-9-7(8(27-30)22(26)39)3-6-28(23(9)40)10-13(31)15(33)11(16(34)14(10)32)29-5-2-4-25(42,43)24(29)41/h31-38,42-43H,2-6H2,1H3,(H2,26,39). The molecule has 3 amide bonds. The number of methoxy groups -OCH3 is 1. The lowest BCUT2D eigenvalue weighted by molar-refractivity contribution is -0.188. The number of primary amides is 1. The molecule has 19 nitrogen and oxygen atoms in total. The van der Waals surface area contributed by atoms with Gasteiger partial charge in [0.25, 0.3) is 17.7 Å². The Morgan fingerprint density at radius 2 is 1.30 bits per heavy atom. The second-order valence-corrected chi connectivity index (χ2v) is 9.90. The molecule has 1 aromatic heterocycles. The number of aromatic nitrogens is 2. The summed E-state index contributed by atoms with van der Waals surface area (Å²) in [5, 5.41) is 109. The van der Waals surface area contributed by atoms with Crippen molar-refractivity contribution in [1.82, 2.24) is 9.78 Å². The Labute approximate surface area is 244 Å². The van der Waals surface area contributed by atoms with Crippen LogP contribution in [-0.4, -0.2) is 105 Å². The Bertz CT molecular complexity index is 1720. The fraction of sp³-hybridized carbons (Fsp3) is 0.280. The number of hydrogen-bond donors (Lipinski definition) is 11. The number of nitrogens with two attached hydrogens (primary N) is 1. The maximum Gasteiger partial charge on any atom is 0.287 e. The van der Waals surface area contributed by atoms with E-state index >= 15 is 0 Å². The SMILES string of the molecule is COc1c(O)c(O)c(-n2nc(C(N)=O)c3c2C(=O)N(c2c(O)c(O)c(N4CCCC(O)(O)C4=O)c(O)c2O)CC3)c(O)c1O. The van der Waals surface area contributed by atoms with E-state index in [4.69, 9.17) is 10.5 Å². The molecule has 0 spiro atoms. The number of carbonyl (C=O) groups excluding carboxylic acids is 3. The largest absolute Gasteiger partial charge is 0.503 e. The maximum absolute atomic E-state index is 13.9. The van der Waals surface area contributed by atoms with Gasteiger partial charge >= 0.3 is 0 Å². The van der Waals surface area contributed by atoms with Gasteiger partial charge in [-0.25, -0.2) is 4.68 Å². The second kappa shape index (κ2) is 9.88. The number of phenols is 8. The number of aliphatic hydroxyl groups is 2. The van der Waals surface area contributed by atoms with Crippen molar-refractivity contribution in [3.05, 3.63) is 17.0 Å². The van der Waals surface area contributed by atoms with Crippen LogP contribution in [0.15, 0.2) is 0 Å². The minimum absolute atomic E-state index is 0.0172. The van der Waals surface area contributed by atoms with Crippen LogP contribution in [-0.2, 0) is 11.2 Å². The fourth-order valence-corrected chi connectivity index (χ4v) is 5.30. The molecule has 0 radical (unpaired) electrons. The number of piperidine rings is 1. The van der Waals surface area contributed by atoms with Crippen molar-refractivity contribution >= 4 is 29.1 Å². The quantitative estimate of drug-likeness (QED) is 0.0892. The molecule has 5 rings (SSSR count). The van der Waals surface area contributed by atoms with E-state index in [9.17, 15) is 65.4 Å². The molecule has 1 saturated heterocycles. The Kier molecular flexibility index (Phi) is 6.66. The summed E-state index contributed by atoms with van der Waals surface area (Å²) in [6.45, 7) is -0.732. The van der Waals surface area contributed by atoms with Gasteiger partial charge in [0.1, 0.15) is 17.1 Å². The van der Waals surface area contributed by atoms with Crippen molar-refractivity contribution in [2.75, 3.05) is 30.0 Å². The van der Waals surface area contributed by atoms with E-state index in [2.05, 4.69) is 5.10 Å². The first-order chi connectivity index (χ1) is 20.6. The molecule has 1 fully saturated rings. The van der Waals surface area contributed by atoms with Gasteiger partial charge in [-0.15, -0.1) is 0 Å². The second-order valence-electron chi connectivity index (χ2n) is 9.90. The molecule has 2 aliphatic rings. The van der Waals surface area contributed by atoms with Crippen molar-refractivity contribution in [3.8, 4) is 57.4 Å². The zero-order valence-electron chi connectivity index (χ0n) is 22.5. The summed E-state index contributed by atoms with van der Waals surface area (Å²) in [4.78, 5) is 39.8. The van der Waals surface area contributed by atoms with Gasteiger partial charge in [-0.05, 0) is 12.8 Å². The predicted molar refractivity (Wildman–Crippen MR) is 143 cm³/mol. The normalized spacial score (nSPS) is 16.2. The number of fused-ring (bicyclic) bond motifs is 1. The molecule has 3 aromatic rings. The molecule has 0 aliphatic carbocycles. The van der Waals surface area contributed by atoms with Gasteiger partial charge in [-0.3, -0.25) is 19.3 Å². The number of benzene rings is 2. The summed E-state index contributed by atoms with van der Waals surface area (Å²) in [6.07, 6.45) is -0.698. The molecular formula is C25H25N5O14. The van der Waals surface area contributed by atoms with Gasteiger partial charge in [0, 0.05) is 25.1 Å². The number of anilines is 2. The number of rotatable bonds is 5. The lowest BCUT2D eigenvalue weighted by Crippen LogP contribution is -2.53. The molecule has 0 bridgehead atoms. The van der Waals surface area contributed by atoms with Gasteiger partial charge in [0.15, 0.2) is 45.9 Å². The van der Waals surface area contributed by atoms with E-state index in [1.165, 1.54) is 0 Å². The summed E-state index contributed by atoms with van der Waals surface area (Å²) in [5.74, 6) is -16.9. The van der Waals surface area contributed by atoms with Crippen LogP contribution in [0.4, 0.5) is 11.4 Å². The molecule has 44 heavy (non-hydrogen) atoms.